The highest BCUT2D eigenvalue weighted by Gasteiger charge is 2.43. The second-order valence-corrected chi connectivity index (χ2v) is 8.14. The molecule has 4 heteroatoms. The highest BCUT2D eigenvalue weighted by atomic mass is 35.5. The summed E-state index contributed by atoms with van der Waals surface area (Å²) in [6.07, 6.45) is 5.27. The Bertz CT molecular complexity index is 451. The maximum atomic E-state index is 6.09. The average Bonchev–Trinajstić information content (AvgIpc) is 3.23. The smallest absolute Gasteiger partial charge is 0.0931 e. The van der Waals surface area contributed by atoms with Crippen LogP contribution in [0.2, 0.25) is 4.34 Å². The molecule has 2 heterocycles. The van der Waals surface area contributed by atoms with E-state index in [-0.39, 0.29) is 0 Å². The number of nitrogens with one attached hydrogen (secondary N) is 1. The predicted molar refractivity (Wildman–Crippen MR) is 87.6 cm³/mol. The van der Waals surface area contributed by atoms with Crippen molar-refractivity contribution < 1.29 is 0 Å². The van der Waals surface area contributed by atoms with Gasteiger partial charge in [-0.2, -0.15) is 0 Å². The molecule has 0 spiro atoms. The number of hydrogen-bond acceptors (Lipinski definition) is 3. The molecule has 1 saturated carbocycles. The monoisotopic (exact) mass is 312 g/mol. The molecule has 2 nitrogen and oxygen atoms in total. The first-order valence-corrected chi connectivity index (χ1v) is 9.09. The SMILES string of the molecule is CCC1(CC)CNC(C2CC2)CN1Cc1ccc(Cl)s1. The first-order valence-electron chi connectivity index (χ1n) is 7.89. The molecule has 0 aromatic carbocycles. The summed E-state index contributed by atoms with van der Waals surface area (Å²) >= 11 is 7.83. The number of nitrogens with zero attached hydrogens (tertiary/aromatic N) is 1. The van der Waals surface area contributed by atoms with Crippen molar-refractivity contribution >= 4 is 22.9 Å². The molecule has 20 heavy (non-hydrogen) atoms. The van der Waals surface area contributed by atoms with Crippen molar-refractivity contribution in [2.75, 3.05) is 13.1 Å². The molecule has 0 amide bonds. The predicted octanol–water partition coefficient (Wildman–Crippen LogP) is 4.14. The average molecular weight is 313 g/mol. The number of halogens is 1. The normalized spacial score (nSPS) is 26.9. The third-order valence-corrected chi connectivity index (χ3v) is 6.48. The van der Waals surface area contributed by atoms with E-state index in [0.29, 0.717) is 11.6 Å². The summed E-state index contributed by atoms with van der Waals surface area (Å²) in [6.45, 7) is 8.06. The summed E-state index contributed by atoms with van der Waals surface area (Å²) in [5.74, 6) is 0.927. The Balaban J connectivity index is 1.76. The van der Waals surface area contributed by atoms with Gasteiger partial charge in [-0.25, -0.2) is 0 Å². The van der Waals surface area contributed by atoms with Crippen LogP contribution in [0, 0.1) is 5.92 Å². The van der Waals surface area contributed by atoms with Gasteiger partial charge in [-0.05, 0) is 43.7 Å². The van der Waals surface area contributed by atoms with Gasteiger partial charge < -0.3 is 5.32 Å². The Morgan fingerprint density at radius 3 is 2.65 bits per heavy atom. The van der Waals surface area contributed by atoms with E-state index in [1.807, 2.05) is 6.07 Å². The van der Waals surface area contributed by atoms with Gasteiger partial charge in [-0.15, -0.1) is 11.3 Å². The molecule has 1 atom stereocenters. The van der Waals surface area contributed by atoms with Gasteiger partial charge in [-0.3, -0.25) is 4.90 Å². The summed E-state index contributed by atoms with van der Waals surface area (Å²) in [5, 5.41) is 3.83. The van der Waals surface area contributed by atoms with E-state index in [9.17, 15) is 0 Å². The fraction of sp³-hybridized carbons (Fsp3) is 0.750. The van der Waals surface area contributed by atoms with Crippen LogP contribution in [0.3, 0.4) is 0 Å². The molecular formula is C16H25ClN2S. The van der Waals surface area contributed by atoms with Crippen molar-refractivity contribution in [3.05, 3.63) is 21.3 Å². The molecule has 0 radical (unpaired) electrons. The summed E-state index contributed by atoms with van der Waals surface area (Å²) < 4.78 is 0.910. The minimum Gasteiger partial charge on any atom is -0.311 e. The summed E-state index contributed by atoms with van der Waals surface area (Å²) in [5.41, 5.74) is 0.321. The molecule has 2 aliphatic rings. The van der Waals surface area contributed by atoms with Gasteiger partial charge in [0.1, 0.15) is 0 Å². The van der Waals surface area contributed by atoms with E-state index in [1.165, 1.54) is 37.1 Å². The second-order valence-electron chi connectivity index (χ2n) is 6.34. The third-order valence-electron chi connectivity index (χ3n) is 5.26. The van der Waals surface area contributed by atoms with Gasteiger partial charge in [0.2, 0.25) is 0 Å². The largest absolute Gasteiger partial charge is 0.311 e. The van der Waals surface area contributed by atoms with Crippen LogP contribution in [0.5, 0.6) is 0 Å². The Kier molecular flexibility index (Phi) is 4.42. The van der Waals surface area contributed by atoms with Gasteiger partial charge in [0, 0.05) is 36.1 Å². The van der Waals surface area contributed by atoms with E-state index in [2.05, 4.69) is 30.1 Å². The van der Waals surface area contributed by atoms with Crippen LogP contribution in [0.15, 0.2) is 12.1 Å². The molecule has 2 fully saturated rings. The van der Waals surface area contributed by atoms with E-state index >= 15 is 0 Å². The first kappa shape index (κ1) is 14.8. The summed E-state index contributed by atoms with van der Waals surface area (Å²) in [6, 6.07) is 4.93. The van der Waals surface area contributed by atoms with Gasteiger partial charge in [0.15, 0.2) is 0 Å². The first-order chi connectivity index (χ1) is 9.66. The van der Waals surface area contributed by atoms with E-state index in [4.69, 9.17) is 11.6 Å². The van der Waals surface area contributed by atoms with E-state index < -0.39 is 0 Å². The second kappa shape index (κ2) is 5.96. The van der Waals surface area contributed by atoms with Crippen LogP contribution in [0.1, 0.15) is 44.4 Å². The number of hydrogen-bond donors (Lipinski definition) is 1. The highest BCUT2D eigenvalue weighted by Crippen LogP contribution is 2.38. The zero-order valence-electron chi connectivity index (χ0n) is 12.5. The highest BCUT2D eigenvalue weighted by molar-refractivity contribution is 7.16. The number of piperazine rings is 1. The van der Waals surface area contributed by atoms with Crippen molar-refractivity contribution in [1.29, 1.82) is 0 Å². The van der Waals surface area contributed by atoms with E-state index in [0.717, 1.165) is 23.3 Å². The van der Waals surface area contributed by atoms with Crippen molar-refractivity contribution in [1.82, 2.24) is 10.2 Å². The minimum absolute atomic E-state index is 0.321. The molecule has 112 valence electrons. The van der Waals surface area contributed by atoms with Gasteiger partial charge >= 0.3 is 0 Å². The molecule has 1 aromatic rings. The van der Waals surface area contributed by atoms with Crippen molar-refractivity contribution in [3.8, 4) is 0 Å². The number of thiophene rings is 1. The summed E-state index contributed by atoms with van der Waals surface area (Å²) in [7, 11) is 0. The summed E-state index contributed by atoms with van der Waals surface area (Å²) in [4.78, 5) is 4.13. The molecule has 1 saturated heterocycles. The maximum Gasteiger partial charge on any atom is 0.0931 e. The topological polar surface area (TPSA) is 15.3 Å². The zero-order chi connectivity index (χ0) is 14.2. The van der Waals surface area contributed by atoms with Crippen LogP contribution >= 0.6 is 22.9 Å². The van der Waals surface area contributed by atoms with Crippen LogP contribution in [-0.2, 0) is 6.54 Å². The van der Waals surface area contributed by atoms with Crippen LogP contribution in [0.4, 0.5) is 0 Å². The lowest BCUT2D eigenvalue weighted by atomic mass is 9.86. The zero-order valence-corrected chi connectivity index (χ0v) is 14.1. The molecule has 1 N–H and O–H groups in total. The van der Waals surface area contributed by atoms with Gasteiger partial charge in [0.05, 0.1) is 4.34 Å². The number of rotatable bonds is 5. The Labute approximate surface area is 131 Å². The Morgan fingerprint density at radius 1 is 1.35 bits per heavy atom. The fourth-order valence-electron chi connectivity index (χ4n) is 3.55. The fourth-order valence-corrected chi connectivity index (χ4v) is 4.65. The van der Waals surface area contributed by atoms with Crippen LogP contribution in [0.25, 0.3) is 0 Å². The molecule has 1 aliphatic heterocycles. The van der Waals surface area contributed by atoms with E-state index in [1.54, 1.807) is 11.3 Å². The van der Waals surface area contributed by atoms with Crippen molar-refractivity contribution in [2.45, 2.75) is 57.7 Å². The minimum atomic E-state index is 0.321. The lowest BCUT2D eigenvalue weighted by molar-refractivity contribution is 0.0211. The lowest BCUT2D eigenvalue weighted by Crippen LogP contribution is -2.64. The molecule has 0 bridgehead atoms. The quantitative estimate of drug-likeness (QED) is 0.879. The van der Waals surface area contributed by atoms with Crippen molar-refractivity contribution in [2.24, 2.45) is 5.92 Å². The Morgan fingerprint density at radius 2 is 2.10 bits per heavy atom. The van der Waals surface area contributed by atoms with Gasteiger partial charge in [0.25, 0.3) is 0 Å². The maximum absolute atomic E-state index is 6.09. The van der Waals surface area contributed by atoms with Crippen LogP contribution in [-0.4, -0.2) is 29.6 Å². The molecule has 1 aliphatic carbocycles. The molecule has 1 aromatic heterocycles. The molecular weight excluding hydrogens is 288 g/mol. The van der Waals surface area contributed by atoms with Crippen molar-refractivity contribution in [3.63, 3.8) is 0 Å². The standard InChI is InChI=1S/C16H25ClN2S/c1-3-16(4-2)11-18-14(12-5-6-12)10-19(16)9-13-7-8-15(17)20-13/h7-8,12,14,18H,3-6,9-11H2,1-2H3. The molecule has 3 rings (SSSR count). The Hall–Kier alpha value is -0.0900. The van der Waals surface area contributed by atoms with Gasteiger partial charge in [-0.1, -0.05) is 25.4 Å². The van der Waals surface area contributed by atoms with Crippen LogP contribution < -0.4 is 5.32 Å². The third kappa shape index (κ3) is 2.92. The lowest BCUT2D eigenvalue weighted by Gasteiger charge is -2.50. The molecule has 1 unspecified atom stereocenters.